The van der Waals surface area contributed by atoms with Crippen LogP contribution in [-0.2, 0) is 0 Å². The van der Waals surface area contributed by atoms with Crippen molar-refractivity contribution in [2.75, 3.05) is 5.73 Å². The first-order valence-corrected chi connectivity index (χ1v) is 6.88. The molecule has 2 aromatic rings. The molecule has 3 nitrogen and oxygen atoms in total. The molecule has 0 fully saturated rings. The van der Waals surface area contributed by atoms with E-state index in [-0.39, 0.29) is 17.5 Å². The Balaban J connectivity index is 2.37. The second-order valence-electron chi connectivity index (χ2n) is 5.29. The van der Waals surface area contributed by atoms with Gasteiger partial charge in [-0.3, -0.25) is 0 Å². The molecule has 0 heterocycles. The van der Waals surface area contributed by atoms with Gasteiger partial charge in [-0.25, -0.2) is 4.39 Å². The van der Waals surface area contributed by atoms with Crippen LogP contribution in [0, 0.1) is 19.7 Å². The highest BCUT2D eigenvalue weighted by Crippen LogP contribution is 2.35. The predicted octanol–water partition coefficient (Wildman–Crippen LogP) is 4.60. The number of aryl methyl sites for hydroxylation is 1. The van der Waals surface area contributed by atoms with Gasteiger partial charge in [0.2, 0.25) is 0 Å². The Hall–Kier alpha value is -2.23. The Labute approximate surface area is 124 Å². The zero-order valence-corrected chi connectivity index (χ0v) is 12.7. The zero-order chi connectivity index (χ0) is 15.6. The van der Waals surface area contributed by atoms with E-state index in [0.29, 0.717) is 11.5 Å². The van der Waals surface area contributed by atoms with Crippen molar-refractivity contribution in [1.29, 1.82) is 0 Å². The monoisotopic (exact) mass is 289 g/mol. The highest BCUT2D eigenvalue weighted by molar-refractivity contribution is 5.58. The maximum Gasteiger partial charge on any atom is 0.167 e. The summed E-state index contributed by atoms with van der Waals surface area (Å²) in [7, 11) is 0. The molecular weight excluding hydrogens is 269 g/mol. The van der Waals surface area contributed by atoms with Gasteiger partial charge in [0.1, 0.15) is 5.75 Å². The largest absolute Gasteiger partial charge is 0.488 e. The summed E-state index contributed by atoms with van der Waals surface area (Å²) in [6.45, 7) is 7.64. The van der Waals surface area contributed by atoms with E-state index in [0.717, 1.165) is 11.1 Å². The molecule has 0 aliphatic carbocycles. The van der Waals surface area contributed by atoms with Crippen molar-refractivity contribution in [3.05, 3.63) is 47.3 Å². The van der Waals surface area contributed by atoms with Gasteiger partial charge in [-0.15, -0.1) is 0 Å². The fourth-order valence-electron chi connectivity index (χ4n) is 1.94. The molecule has 0 aliphatic heterocycles. The van der Waals surface area contributed by atoms with E-state index in [1.165, 1.54) is 12.1 Å². The highest BCUT2D eigenvalue weighted by Gasteiger charge is 2.13. The fraction of sp³-hybridized carbons (Fsp3) is 0.294. The molecule has 0 atom stereocenters. The third-order valence-electron chi connectivity index (χ3n) is 3.20. The van der Waals surface area contributed by atoms with E-state index in [4.69, 9.17) is 15.2 Å². The summed E-state index contributed by atoms with van der Waals surface area (Å²) in [5.41, 5.74) is 8.22. The third kappa shape index (κ3) is 3.45. The van der Waals surface area contributed by atoms with Gasteiger partial charge in [0.05, 0.1) is 11.8 Å². The molecule has 112 valence electrons. The second-order valence-corrected chi connectivity index (χ2v) is 5.29. The number of hydrogen-bond donors (Lipinski definition) is 1. The Morgan fingerprint density at radius 2 is 1.76 bits per heavy atom. The molecule has 0 amide bonds. The molecule has 2 aromatic carbocycles. The topological polar surface area (TPSA) is 44.5 Å². The Bertz CT molecular complexity index is 653. The number of benzene rings is 2. The minimum absolute atomic E-state index is 0.128. The molecule has 0 bridgehead atoms. The van der Waals surface area contributed by atoms with Crippen LogP contribution >= 0.6 is 0 Å². The molecule has 0 saturated heterocycles. The standard InChI is InChI=1S/C17H20FNO2/c1-10(2)20-16-9-17(14(19)8-13(16)18)21-15-7-5-6-11(3)12(15)4/h5-10H,19H2,1-4H3. The maximum atomic E-state index is 13.8. The quantitative estimate of drug-likeness (QED) is 0.836. The molecular formula is C17H20FNO2. The van der Waals surface area contributed by atoms with Crippen LogP contribution in [0.15, 0.2) is 30.3 Å². The summed E-state index contributed by atoms with van der Waals surface area (Å²) in [5, 5.41) is 0. The van der Waals surface area contributed by atoms with Crippen LogP contribution in [0.2, 0.25) is 0 Å². The van der Waals surface area contributed by atoms with E-state index in [2.05, 4.69) is 0 Å². The van der Waals surface area contributed by atoms with Crippen molar-refractivity contribution in [3.8, 4) is 17.2 Å². The smallest absolute Gasteiger partial charge is 0.167 e. The van der Waals surface area contributed by atoms with Crippen molar-refractivity contribution in [3.63, 3.8) is 0 Å². The first-order chi connectivity index (χ1) is 9.88. The van der Waals surface area contributed by atoms with Crippen molar-refractivity contribution in [2.24, 2.45) is 0 Å². The van der Waals surface area contributed by atoms with Crippen molar-refractivity contribution >= 4 is 5.69 Å². The van der Waals surface area contributed by atoms with E-state index in [9.17, 15) is 4.39 Å². The lowest BCUT2D eigenvalue weighted by atomic mass is 10.1. The van der Waals surface area contributed by atoms with Gasteiger partial charge in [0.25, 0.3) is 0 Å². The lowest BCUT2D eigenvalue weighted by Gasteiger charge is -2.15. The lowest BCUT2D eigenvalue weighted by Crippen LogP contribution is -2.07. The summed E-state index contributed by atoms with van der Waals surface area (Å²) in [5.74, 6) is 0.735. The predicted molar refractivity (Wildman–Crippen MR) is 82.6 cm³/mol. The van der Waals surface area contributed by atoms with E-state index >= 15 is 0 Å². The van der Waals surface area contributed by atoms with Gasteiger partial charge in [0.15, 0.2) is 17.3 Å². The molecule has 2 N–H and O–H groups in total. The van der Waals surface area contributed by atoms with Gasteiger partial charge in [0, 0.05) is 12.1 Å². The van der Waals surface area contributed by atoms with Crippen LogP contribution in [0.5, 0.6) is 17.2 Å². The highest BCUT2D eigenvalue weighted by atomic mass is 19.1. The van der Waals surface area contributed by atoms with Gasteiger partial charge >= 0.3 is 0 Å². The minimum Gasteiger partial charge on any atom is -0.488 e. The first kappa shape index (κ1) is 15.2. The molecule has 0 aromatic heterocycles. The van der Waals surface area contributed by atoms with Crippen LogP contribution < -0.4 is 15.2 Å². The van der Waals surface area contributed by atoms with Crippen LogP contribution in [-0.4, -0.2) is 6.10 Å². The van der Waals surface area contributed by atoms with E-state index in [1.54, 1.807) is 0 Å². The number of ether oxygens (including phenoxy) is 2. The average molecular weight is 289 g/mol. The number of nitrogens with two attached hydrogens (primary N) is 1. The molecule has 0 saturated carbocycles. The number of nitrogen functional groups attached to an aromatic ring is 1. The van der Waals surface area contributed by atoms with E-state index in [1.807, 2.05) is 45.9 Å². The summed E-state index contributed by atoms with van der Waals surface area (Å²) >= 11 is 0. The summed E-state index contributed by atoms with van der Waals surface area (Å²) in [6, 6.07) is 8.48. The second kappa shape index (κ2) is 6.04. The number of hydrogen-bond acceptors (Lipinski definition) is 3. The van der Waals surface area contributed by atoms with Gasteiger partial charge in [-0.05, 0) is 44.9 Å². The fourth-order valence-corrected chi connectivity index (χ4v) is 1.94. The lowest BCUT2D eigenvalue weighted by molar-refractivity contribution is 0.230. The molecule has 21 heavy (non-hydrogen) atoms. The van der Waals surface area contributed by atoms with E-state index < -0.39 is 5.82 Å². The van der Waals surface area contributed by atoms with Gasteiger partial charge in [-0.1, -0.05) is 12.1 Å². The van der Waals surface area contributed by atoms with Crippen LogP contribution in [0.3, 0.4) is 0 Å². The van der Waals surface area contributed by atoms with Crippen LogP contribution in [0.4, 0.5) is 10.1 Å². The Kier molecular flexibility index (Phi) is 4.36. The van der Waals surface area contributed by atoms with Gasteiger partial charge in [-0.2, -0.15) is 0 Å². The zero-order valence-electron chi connectivity index (χ0n) is 12.7. The molecule has 0 aliphatic rings. The molecule has 2 rings (SSSR count). The third-order valence-corrected chi connectivity index (χ3v) is 3.20. The summed E-state index contributed by atoms with van der Waals surface area (Å²) in [6.07, 6.45) is -0.128. The maximum absolute atomic E-state index is 13.8. The first-order valence-electron chi connectivity index (χ1n) is 6.88. The molecule has 0 spiro atoms. The number of halogens is 1. The van der Waals surface area contributed by atoms with Crippen molar-refractivity contribution in [1.82, 2.24) is 0 Å². The normalized spacial score (nSPS) is 10.8. The van der Waals surface area contributed by atoms with Crippen molar-refractivity contribution < 1.29 is 13.9 Å². The Morgan fingerprint density at radius 1 is 1.05 bits per heavy atom. The summed E-state index contributed by atoms with van der Waals surface area (Å²) < 4.78 is 25.1. The van der Waals surface area contributed by atoms with Crippen LogP contribution in [0.1, 0.15) is 25.0 Å². The van der Waals surface area contributed by atoms with Gasteiger partial charge < -0.3 is 15.2 Å². The SMILES string of the molecule is Cc1cccc(Oc2cc(OC(C)C)c(F)cc2N)c1C. The summed E-state index contributed by atoms with van der Waals surface area (Å²) in [4.78, 5) is 0. The molecule has 0 unspecified atom stereocenters. The molecule has 4 heteroatoms. The number of rotatable bonds is 4. The Morgan fingerprint density at radius 3 is 2.43 bits per heavy atom. The average Bonchev–Trinajstić information content (AvgIpc) is 2.40. The molecule has 0 radical (unpaired) electrons. The van der Waals surface area contributed by atoms with Crippen LogP contribution in [0.25, 0.3) is 0 Å². The van der Waals surface area contributed by atoms with Crippen molar-refractivity contribution in [2.45, 2.75) is 33.8 Å². The number of anilines is 1. The minimum atomic E-state index is -0.491.